The fourth-order valence-electron chi connectivity index (χ4n) is 3.90. The summed E-state index contributed by atoms with van der Waals surface area (Å²) in [6.07, 6.45) is 1.25. The molecule has 188 valence electrons. The Kier molecular flexibility index (Phi) is 6.92. The van der Waals surface area contributed by atoms with Gasteiger partial charge in [-0.05, 0) is 35.9 Å². The summed E-state index contributed by atoms with van der Waals surface area (Å²) in [6.45, 7) is -0.145. The Morgan fingerprint density at radius 3 is 2.55 bits per heavy atom. The third-order valence-electron chi connectivity index (χ3n) is 5.63. The van der Waals surface area contributed by atoms with E-state index in [9.17, 15) is 19.3 Å². The van der Waals surface area contributed by atoms with Gasteiger partial charge in [0, 0.05) is 22.2 Å². The molecule has 0 spiro atoms. The topological polar surface area (TPSA) is 99.6 Å². The number of nitro benzene ring substituents is 1. The molecule has 4 aromatic carbocycles. The number of benzene rings is 4. The van der Waals surface area contributed by atoms with Crippen LogP contribution in [0.4, 0.5) is 10.1 Å². The highest BCUT2D eigenvalue weighted by Crippen LogP contribution is 2.34. The SMILES string of the molecule is O=c1c2ccccc2nc(-c2ccccc2)n1N=Cc1cc(Cl)cc([N+](=O)[O-])c1OCc1cccc(F)c1. The summed E-state index contributed by atoms with van der Waals surface area (Å²) in [4.78, 5) is 29.2. The quantitative estimate of drug-likeness (QED) is 0.142. The van der Waals surface area contributed by atoms with Crippen LogP contribution in [0.15, 0.2) is 101 Å². The van der Waals surface area contributed by atoms with Crippen LogP contribution in [0, 0.1) is 15.9 Å². The number of halogens is 2. The molecule has 0 saturated heterocycles. The van der Waals surface area contributed by atoms with Crippen molar-refractivity contribution >= 4 is 34.4 Å². The predicted octanol–water partition coefficient (Wildman–Crippen LogP) is 6.23. The van der Waals surface area contributed by atoms with Crippen molar-refractivity contribution in [1.29, 1.82) is 0 Å². The molecule has 0 aliphatic rings. The number of para-hydroxylation sites is 1. The Hall–Kier alpha value is -4.89. The molecule has 0 aliphatic heterocycles. The molecule has 0 saturated carbocycles. The molecule has 0 N–H and O–H groups in total. The van der Waals surface area contributed by atoms with Crippen LogP contribution in [0.1, 0.15) is 11.1 Å². The molecule has 5 aromatic rings. The van der Waals surface area contributed by atoms with Crippen molar-refractivity contribution in [3.63, 3.8) is 0 Å². The summed E-state index contributed by atoms with van der Waals surface area (Å²) < 4.78 is 20.5. The molecule has 1 aromatic heterocycles. The molecular formula is C28H18ClFN4O4. The lowest BCUT2D eigenvalue weighted by molar-refractivity contribution is -0.385. The number of hydrogen-bond acceptors (Lipinski definition) is 6. The van der Waals surface area contributed by atoms with Gasteiger partial charge < -0.3 is 4.74 Å². The smallest absolute Gasteiger partial charge is 0.313 e. The second kappa shape index (κ2) is 10.6. The first-order valence-corrected chi connectivity index (χ1v) is 11.8. The van der Waals surface area contributed by atoms with Crippen LogP contribution in [-0.4, -0.2) is 20.8 Å². The number of nitrogens with zero attached hydrogens (tertiary/aromatic N) is 4. The van der Waals surface area contributed by atoms with Crippen molar-refractivity contribution in [3.05, 3.63) is 133 Å². The van der Waals surface area contributed by atoms with Crippen molar-refractivity contribution in [2.24, 2.45) is 5.10 Å². The van der Waals surface area contributed by atoms with Gasteiger partial charge in [-0.3, -0.25) is 14.9 Å². The molecule has 0 atom stereocenters. The summed E-state index contributed by atoms with van der Waals surface area (Å²) in [7, 11) is 0. The molecule has 8 nitrogen and oxygen atoms in total. The summed E-state index contributed by atoms with van der Waals surface area (Å²) in [6, 6.07) is 24.2. The first-order valence-electron chi connectivity index (χ1n) is 11.4. The van der Waals surface area contributed by atoms with Crippen molar-refractivity contribution in [1.82, 2.24) is 9.66 Å². The normalized spacial score (nSPS) is 11.2. The van der Waals surface area contributed by atoms with Crippen LogP contribution < -0.4 is 10.3 Å². The standard InChI is InChI=1S/C28H18ClFN4O4/c29-21-14-20(26(25(15-21)34(36)37)38-17-18-7-6-10-22(30)13-18)16-31-33-27(19-8-2-1-3-9-19)32-24-12-5-4-11-23(24)28(33)35/h1-16H,17H2. The maximum absolute atomic E-state index is 13.6. The summed E-state index contributed by atoms with van der Waals surface area (Å²) in [5.74, 6) is -0.310. The maximum atomic E-state index is 13.6. The number of rotatable bonds is 7. The molecule has 38 heavy (non-hydrogen) atoms. The van der Waals surface area contributed by atoms with Gasteiger partial charge >= 0.3 is 5.69 Å². The average Bonchev–Trinajstić information content (AvgIpc) is 2.92. The van der Waals surface area contributed by atoms with Gasteiger partial charge in [-0.2, -0.15) is 9.78 Å². The van der Waals surface area contributed by atoms with E-state index in [1.807, 2.05) is 18.2 Å². The van der Waals surface area contributed by atoms with Crippen LogP contribution in [-0.2, 0) is 6.61 Å². The van der Waals surface area contributed by atoms with E-state index in [1.54, 1.807) is 42.5 Å². The number of aromatic nitrogens is 2. The lowest BCUT2D eigenvalue weighted by Crippen LogP contribution is -2.20. The van der Waals surface area contributed by atoms with E-state index in [1.165, 1.54) is 30.5 Å². The Bertz CT molecular complexity index is 1760. The maximum Gasteiger partial charge on any atom is 0.313 e. The van der Waals surface area contributed by atoms with Crippen LogP contribution in [0.2, 0.25) is 5.02 Å². The fraction of sp³-hybridized carbons (Fsp3) is 0.0357. The lowest BCUT2D eigenvalue weighted by Gasteiger charge is -2.12. The molecule has 0 aliphatic carbocycles. The highest BCUT2D eigenvalue weighted by molar-refractivity contribution is 6.31. The number of ether oxygens (including phenoxy) is 1. The molecule has 5 rings (SSSR count). The van der Waals surface area contributed by atoms with Gasteiger partial charge in [0.05, 0.1) is 22.0 Å². The van der Waals surface area contributed by atoms with E-state index in [2.05, 4.69) is 10.1 Å². The van der Waals surface area contributed by atoms with Crippen molar-refractivity contribution in [3.8, 4) is 17.1 Å². The zero-order chi connectivity index (χ0) is 26.6. The monoisotopic (exact) mass is 528 g/mol. The third kappa shape index (κ3) is 5.14. The zero-order valence-electron chi connectivity index (χ0n) is 19.6. The van der Waals surface area contributed by atoms with E-state index in [4.69, 9.17) is 16.3 Å². The van der Waals surface area contributed by atoms with E-state index in [0.717, 1.165) is 10.7 Å². The van der Waals surface area contributed by atoms with Gasteiger partial charge in [-0.15, -0.1) is 0 Å². The van der Waals surface area contributed by atoms with E-state index >= 15 is 0 Å². The molecule has 1 heterocycles. The van der Waals surface area contributed by atoms with Gasteiger partial charge in [0.15, 0.2) is 5.82 Å². The lowest BCUT2D eigenvalue weighted by atomic mass is 10.1. The summed E-state index contributed by atoms with van der Waals surface area (Å²) in [5, 5.41) is 16.6. The Labute approximate surface area is 220 Å². The minimum absolute atomic E-state index is 0.0727. The largest absolute Gasteiger partial charge is 0.481 e. The molecule has 10 heteroatoms. The Balaban J connectivity index is 1.64. The predicted molar refractivity (Wildman–Crippen MR) is 143 cm³/mol. The van der Waals surface area contributed by atoms with Crippen LogP contribution >= 0.6 is 11.6 Å². The van der Waals surface area contributed by atoms with Gasteiger partial charge in [0.2, 0.25) is 5.75 Å². The van der Waals surface area contributed by atoms with Crippen LogP contribution in [0.3, 0.4) is 0 Å². The van der Waals surface area contributed by atoms with Gasteiger partial charge in [-0.1, -0.05) is 66.2 Å². The minimum atomic E-state index is -0.636. The van der Waals surface area contributed by atoms with Gasteiger partial charge in [0.1, 0.15) is 12.4 Å². The molecule has 0 amide bonds. The average molecular weight is 529 g/mol. The summed E-state index contributed by atoms with van der Waals surface area (Å²) >= 11 is 6.17. The minimum Gasteiger partial charge on any atom is -0.481 e. The van der Waals surface area contributed by atoms with Crippen molar-refractivity contribution < 1.29 is 14.1 Å². The van der Waals surface area contributed by atoms with Crippen molar-refractivity contribution in [2.75, 3.05) is 0 Å². The third-order valence-corrected chi connectivity index (χ3v) is 5.85. The first kappa shape index (κ1) is 24.8. The fourth-order valence-corrected chi connectivity index (χ4v) is 4.12. The van der Waals surface area contributed by atoms with Gasteiger partial charge in [0.25, 0.3) is 5.56 Å². The van der Waals surface area contributed by atoms with E-state index in [0.29, 0.717) is 22.0 Å². The molecule has 0 radical (unpaired) electrons. The Morgan fingerprint density at radius 1 is 1.03 bits per heavy atom. The molecular weight excluding hydrogens is 511 g/mol. The summed E-state index contributed by atoms with van der Waals surface area (Å²) in [5.41, 5.74) is 0.942. The second-order valence-electron chi connectivity index (χ2n) is 8.20. The van der Waals surface area contributed by atoms with Crippen molar-refractivity contribution in [2.45, 2.75) is 6.61 Å². The van der Waals surface area contributed by atoms with Gasteiger partial charge in [-0.25, -0.2) is 9.37 Å². The number of nitro groups is 1. The van der Waals surface area contributed by atoms with E-state index in [-0.39, 0.29) is 28.8 Å². The zero-order valence-corrected chi connectivity index (χ0v) is 20.4. The number of hydrogen-bond donors (Lipinski definition) is 0. The van der Waals surface area contributed by atoms with Crippen LogP contribution in [0.25, 0.3) is 22.3 Å². The molecule has 0 fully saturated rings. The molecule has 0 bridgehead atoms. The molecule has 0 unspecified atom stereocenters. The van der Waals surface area contributed by atoms with E-state index < -0.39 is 22.0 Å². The highest BCUT2D eigenvalue weighted by atomic mass is 35.5. The first-order chi connectivity index (χ1) is 18.4. The Morgan fingerprint density at radius 2 is 1.79 bits per heavy atom. The second-order valence-corrected chi connectivity index (χ2v) is 8.64. The highest BCUT2D eigenvalue weighted by Gasteiger charge is 2.21. The number of fused-ring (bicyclic) bond motifs is 1. The van der Waals surface area contributed by atoms with Crippen LogP contribution in [0.5, 0.6) is 5.75 Å².